The van der Waals surface area contributed by atoms with Crippen LogP contribution in [0.1, 0.15) is 24.1 Å². The highest BCUT2D eigenvalue weighted by molar-refractivity contribution is 7.80. The van der Waals surface area contributed by atoms with Crippen LogP contribution in [-0.2, 0) is 4.79 Å². The highest BCUT2D eigenvalue weighted by atomic mass is 35.5. The summed E-state index contributed by atoms with van der Waals surface area (Å²) >= 11 is 18.1. The van der Waals surface area contributed by atoms with Crippen LogP contribution >= 0.6 is 35.4 Å². The van der Waals surface area contributed by atoms with Gasteiger partial charge in [0.05, 0.1) is 6.04 Å². The number of fused-ring (bicyclic) bond motifs is 4. The number of aryl methyl sites for hydroxylation is 1. The van der Waals surface area contributed by atoms with Crippen molar-refractivity contribution >= 4 is 57.8 Å². The Morgan fingerprint density at radius 1 is 1.06 bits per heavy atom. The molecule has 2 bridgehead atoms. The molecule has 1 fully saturated rings. The summed E-state index contributed by atoms with van der Waals surface area (Å²) < 4.78 is 6.56. The van der Waals surface area contributed by atoms with Crippen LogP contribution in [0.3, 0.4) is 0 Å². The number of hydrogen-bond acceptors (Lipinski definition) is 3. The lowest BCUT2D eigenvalue weighted by atomic mass is 9.78. The number of benzene rings is 3. The molecular weight excluding hydrogens is 477 g/mol. The minimum atomic E-state index is -1.08. The number of carbonyl (C=O) groups is 1. The lowest BCUT2D eigenvalue weighted by molar-refractivity contribution is -0.130. The Balaban J connectivity index is 1.62. The van der Waals surface area contributed by atoms with Crippen LogP contribution in [0.4, 0.5) is 11.4 Å². The highest BCUT2D eigenvalue weighted by Crippen LogP contribution is 2.50. The number of amides is 1. The van der Waals surface area contributed by atoms with Crippen molar-refractivity contribution in [3.05, 3.63) is 87.9 Å². The maximum Gasteiger partial charge on any atom is 0.236 e. The average molecular weight is 498 g/mol. The molecule has 2 N–H and O–H groups in total. The number of nitrogens with zero attached hydrogens (tertiary/aromatic N) is 1. The molecular formula is C25H21Cl2N3O2S. The number of rotatable bonds is 3. The molecule has 1 saturated heterocycles. The number of ether oxygens (including phenoxy) is 1. The van der Waals surface area contributed by atoms with Gasteiger partial charge in [0.2, 0.25) is 5.91 Å². The van der Waals surface area contributed by atoms with Crippen LogP contribution in [-0.4, -0.2) is 16.7 Å². The monoisotopic (exact) mass is 497 g/mol. The Morgan fingerprint density at radius 2 is 1.73 bits per heavy atom. The van der Waals surface area contributed by atoms with Gasteiger partial charge in [-0.05, 0) is 80.7 Å². The molecule has 1 amide bonds. The van der Waals surface area contributed by atoms with E-state index in [9.17, 15) is 4.79 Å². The quantitative estimate of drug-likeness (QED) is 0.428. The Kier molecular flexibility index (Phi) is 5.47. The molecule has 5 rings (SSSR count). The Labute approximate surface area is 207 Å². The van der Waals surface area contributed by atoms with Crippen LogP contribution in [0, 0.1) is 12.8 Å². The van der Waals surface area contributed by atoms with Gasteiger partial charge >= 0.3 is 0 Å². The van der Waals surface area contributed by atoms with Crippen LogP contribution in [0.25, 0.3) is 0 Å². The average Bonchev–Trinajstić information content (AvgIpc) is 2.77. The summed E-state index contributed by atoms with van der Waals surface area (Å²) in [6.07, 6.45) is 0. The van der Waals surface area contributed by atoms with E-state index in [0.717, 1.165) is 16.8 Å². The molecule has 0 unspecified atom stereocenters. The van der Waals surface area contributed by atoms with Crippen molar-refractivity contribution in [2.24, 2.45) is 5.92 Å². The number of hydrogen-bond donors (Lipinski definition) is 2. The van der Waals surface area contributed by atoms with Gasteiger partial charge in [0.25, 0.3) is 0 Å². The second kappa shape index (κ2) is 8.20. The molecule has 2 aliphatic rings. The summed E-state index contributed by atoms with van der Waals surface area (Å²) in [6, 6.07) is 20.0. The first-order valence-corrected chi connectivity index (χ1v) is 11.6. The first kappa shape index (κ1) is 22.0. The van der Waals surface area contributed by atoms with E-state index in [2.05, 4.69) is 10.6 Å². The molecule has 0 aliphatic carbocycles. The second-order valence-electron chi connectivity index (χ2n) is 8.41. The molecule has 3 aromatic carbocycles. The molecule has 168 valence electrons. The van der Waals surface area contributed by atoms with E-state index in [-0.39, 0.29) is 5.91 Å². The number of nitrogens with one attached hydrogen (secondary N) is 2. The highest BCUT2D eigenvalue weighted by Gasteiger charge is 2.59. The van der Waals surface area contributed by atoms with Crippen molar-refractivity contribution in [1.29, 1.82) is 0 Å². The van der Waals surface area contributed by atoms with Gasteiger partial charge in [-0.1, -0.05) is 40.9 Å². The molecule has 0 aromatic heterocycles. The first-order valence-electron chi connectivity index (χ1n) is 10.5. The molecule has 2 aliphatic heterocycles. The van der Waals surface area contributed by atoms with Crippen molar-refractivity contribution in [2.75, 3.05) is 10.2 Å². The van der Waals surface area contributed by atoms with Crippen LogP contribution in [0.15, 0.2) is 66.7 Å². The summed E-state index contributed by atoms with van der Waals surface area (Å²) in [5.41, 5.74) is 2.31. The Hall–Kier alpha value is -2.80. The molecule has 2 heterocycles. The van der Waals surface area contributed by atoms with E-state index in [4.69, 9.17) is 40.2 Å². The first-order chi connectivity index (χ1) is 15.8. The molecule has 33 heavy (non-hydrogen) atoms. The minimum absolute atomic E-state index is 0.206. The van der Waals surface area contributed by atoms with E-state index in [1.54, 1.807) is 30.3 Å². The molecule has 0 spiro atoms. The van der Waals surface area contributed by atoms with E-state index in [1.807, 2.05) is 55.1 Å². The zero-order valence-corrected chi connectivity index (χ0v) is 20.3. The van der Waals surface area contributed by atoms with Gasteiger partial charge < -0.3 is 15.4 Å². The number of anilines is 2. The number of halogens is 2. The summed E-state index contributed by atoms with van der Waals surface area (Å²) in [7, 11) is 0. The van der Waals surface area contributed by atoms with Gasteiger partial charge in [0.15, 0.2) is 10.8 Å². The third-order valence-electron chi connectivity index (χ3n) is 6.15. The normalized spacial score (nSPS) is 23.3. The smallest absolute Gasteiger partial charge is 0.236 e. The third kappa shape index (κ3) is 3.82. The fourth-order valence-corrected chi connectivity index (χ4v) is 5.31. The van der Waals surface area contributed by atoms with E-state index >= 15 is 0 Å². The summed E-state index contributed by atoms with van der Waals surface area (Å²) in [6.45, 7) is 3.92. The molecule has 0 saturated carbocycles. The summed E-state index contributed by atoms with van der Waals surface area (Å²) in [5, 5.41) is 8.03. The van der Waals surface area contributed by atoms with Crippen molar-refractivity contribution < 1.29 is 9.53 Å². The van der Waals surface area contributed by atoms with Crippen LogP contribution in [0.5, 0.6) is 5.75 Å². The predicted octanol–water partition coefficient (Wildman–Crippen LogP) is 6.10. The van der Waals surface area contributed by atoms with Crippen molar-refractivity contribution in [3.63, 3.8) is 0 Å². The number of thiocarbonyl (C=S) groups is 1. The Morgan fingerprint density at radius 3 is 2.42 bits per heavy atom. The van der Waals surface area contributed by atoms with Gasteiger partial charge in [-0.2, -0.15) is 0 Å². The molecule has 3 atom stereocenters. The molecule has 5 nitrogen and oxygen atoms in total. The predicted molar refractivity (Wildman–Crippen MR) is 136 cm³/mol. The van der Waals surface area contributed by atoms with Crippen molar-refractivity contribution in [2.45, 2.75) is 25.6 Å². The summed E-state index contributed by atoms with van der Waals surface area (Å²) in [5.74, 6) is -0.190. The number of carbonyl (C=O) groups excluding carboxylic acids is 1. The van der Waals surface area contributed by atoms with Gasteiger partial charge in [-0.3, -0.25) is 9.69 Å². The lowest BCUT2D eigenvalue weighted by Crippen LogP contribution is -2.72. The lowest BCUT2D eigenvalue weighted by Gasteiger charge is -2.56. The fourth-order valence-electron chi connectivity index (χ4n) is 4.59. The SMILES string of the molecule is Cc1ccc(N2C(=S)N[C@H]3c4cc(Cl)ccc4O[C@@]2(C)[C@H]3C(=O)Nc2ccc(Cl)cc2)cc1. The molecule has 0 radical (unpaired) electrons. The van der Waals surface area contributed by atoms with Crippen molar-refractivity contribution in [3.8, 4) is 5.75 Å². The van der Waals surface area contributed by atoms with Crippen molar-refractivity contribution in [1.82, 2.24) is 5.32 Å². The maximum atomic E-state index is 13.7. The standard InChI is InChI=1S/C25H21Cl2N3O2S/c1-14-3-10-18(11-4-14)30-24(33)29-22-19-13-16(27)7-12-20(19)32-25(30,2)21(22)23(31)28-17-8-5-15(26)6-9-17/h3-13,21-22H,1-2H3,(H,28,31)(H,29,33)/t21-,22+,25+/m1/s1. The van der Waals surface area contributed by atoms with Gasteiger partial charge in [-0.15, -0.1) is 0 Å². The largest absolute Gasteiger partial charge is 0.467 e. The molecule has 3 aromatic rings. The maximum absolute atomic E-state index is 13.7. The fraction of sp³-hybridized carbons (Fsp3) is 0.200. The van der Waals surface area contributed by atoms with Crippen LogP contribution in [0.2, 0.25) is 10.0 Å². The second-order valence-corrected chi connectivity index (χ2v) is 9.67. The topological polar surface area (TPSA) is 53.6 Å². The van der Waals surface area contributed by atoms with Gasteiger partial charge in [0.1, 0.15) is 11.7 Å². The Bertz CT molecular complexity index is 1250. The summed E-state index contributed by atoms with van der Waals surface area (Å²) in [4.78, 5) is 15.6. The van der Waals surface area contributed by atoms with Gasteiger partial charge in [-0.25, -0.2) is 0 Å². The van der Waals surface area contributed by atoms with E-state index < -0.39 is 17.7 Å². The van der Waals surface area contributed by atoms with Gasteiger partial charge in [0, 0.05) is 27.0 Å². The van der Waals surface area contributed by atoms with Crippen LogP contribution < -0.4 is 20.3 Å². The molecule has 8 heteroatoms. The van der Waals surface area contributed by atoms with E-state index in [0.29, 0.717) is 26.6 Å². The zero-order valence-electron chi connectivity index (χ0n) is 17.9. The zero-order chi connectivity index (χ0) is 23.3. The van der Waals surface area contributed by atoms with E-state index in [1.165, 1.54) is 0 Å². The third-order valence-corrected chi connectivity index (χ3v) is 6.93. The minimum Gasteiger partial charge on any atom is -0.467 e.